The molecule has 0 aromatic carbocycles. The molecule has 1 atom stereocenters. The van der Waals surface area contributed by atoms with Gasteiger partial charge in [0.2, 0.25) is 0 Å². The summed E-state index contributed by atoms with van der Waals surface area (Å²) in [5.74, 6) is -1.17. The number of nitrogens with one attached hydrogen (secondary N) is 2. The standard InChI is InChI=1S/C6H14N2O4S/c1-3-4-5(6(9)10)8-13(11,12)7-2/h5,7-8H,3-4H2,1-2H3,(H,9,10)/t5-/m0/s1. The molecular weight excluding hydrogens is 196 g/mol. The van der Waals surface area contributed by atoms with Crippen LogP contribution in [0.4, 0.5) is 0 Å². The average molecular weight is 210 g/mol. The van der Waals surface area contributed by atoms with Crippen LogP contribution in [0.5, 0.6) is 0 Å². The lowest BCUT2D eigenvalue weighted by atomic mass is 10.2. The van der Waals surface area contributed by atoms with Gasteiger partial charge in [0.1, 0.15) is 6.04 Å². The fourth-order valence-electron chi connectivity index (χ4n) is 0.768. The number of hydrogen-bond donors (Lipinski definition) is 3. The molecule has 0 saturated heterocycles. The molecule has 0 rings (SSSR count). The fourth-order valence-corrected chi connectivity index (χ4v) is 1.48. The second-order valence-corrected chi connectivity index (χ2v) is 4.16. The summed E-state index contributed by atoms with van der Waals surface area (Å²) >= 11 is 0. The van der Waals surface area contributed by atoms with Crippen molar-refractivity contribution in [3.05, 3.63) is 0 Å². The van der Waals surface area contributed by atoms with Crippen molar-refractivity contribution in [1.82, 2.24) is 9.44 Å². The van der Waals surface area contributed by atoms with Crippen molar-refractivity contribution in [3.63, 3.8) is 0 Å². The van der Waals surface area contributed by atoms with Gasteiger partial charge in [0, 0.05) is 7.05 Å². The number of carbonyl (C=O) groups is 1. The van der Waals surface area contributed by atoms with Crippen LogP contribution in [0.2, 0.25) is 0 Å². The zero-order valence-electron chi connectivity index (χ0n) is 7.57. The maximum absolute atomic E-state index is 10.9. The van der Waals surface area contributed by atoms with E-state index in [9.17, 15) is 13.2 Å². The van der Waals surface area contributed by atoms with Crippen molar-refractivity contribution in [2.24, 2.45) is 0 Å². The predicted octanol–water partition coefficient (Wildman–Crippen LogP) is -0.706. The Labute approximate surface area is 77.5 Å². The minimum absolute atomic E-state index is 0.274. The van der Waals surface area contributed by atoms with E-state index in [0.717, 1.165) is 0 Å². The highest BCUT2D eigenvalue weighted by atomic mass is 32.2. The lowest BCUT2D eigenvalue weighted by molar-refractivity contribution is -0.139. The van der Waals surface area contributed by atoms with E-state index in [-0.39, 0.29) is 6.42 Å². The SMILES string of the molecule is CCC[C@H](NS(=O)(=O)NC)C(=O)O. The maximum atomic E-state index is 10.9. The third-order valence-corrected chi connectivity index (χ3v) is 2.57. The molecule has 0 amide bonds. The number of carboxylic acid groups (broad SMARTS) is 1. The number of hydrogen-bond acceptors (Lipinski definition) is 3. The number of aliphatic carboxylic acids is 1. The molecule has 78 valence electrons. The van der Waals surface area contributed by atoms with Gasteiger partial charge in [-0.25, -0.2) is 4.72 Å². The van der Waals surface area contributed by atoms with E-state index < -0.39 is 22.2 Å². The zero-order chi connectivity index (χ0) is 10.5. The van der Waals surface area contributed by atoms with E-state index in [1.54, 1.807) is 6.92 Å². The highest BCUT2D eigenvalue weighted by Gasteiger charge is 2.21. The van der Waals surface area contributed by atoms with Crippen molar-refractivity contribution in [2.45, 2.75) is 25.8 Å². The highest BCUT2D eigenvalue weighted by Crippen LogP contribution is 1.97. The van der Waals surface area contributed by atoms with Crippen molar-refractivity contribution in [2.75, 3.05) is 7.05 Å². The monoisotopic (exact) mass is 210 g/mol. The molecule has 6 nitrogen and oxygen atoms in total. The molecule has 0 unspecified atom stereocenters. The van der Waals surface area contributed by atoms with Gasteiger partial charge in [-0.05, 0) is 6.42 Å². The molecule has 0 saturated carbocycles. The summed E-state index contributed by atoms with van der Waals surface area (Å²) in [5, 5.41) is 8.61. The van der Waals surface area contributed by atoms with Crippen LogP contribution in [0, 0.1) is 0 Å². The van der Waals surface area contributed by atoms with Crippen molar-refractivity contribution < 1.29 is 18.3 Å². The van der Waals surface area contributed by atoms with Crippen LogP contribution < -0.4 is 9.44 Å². The summed E-state index contributed by atoms with van der Waals surface area (Å²) in [7, 11) is -2.45. The van der Waals surface area contributed by atoms with E-state index in [1.165, 1.54) is 7.05 Å². The van der Waals surface area contributed by atoms with Crippen molar-refractivity contribution >= 4 is 16.2 Å². The quantitative estimate of drug-likeness (QED) is 0.540. The molecule has 0 aliphatic heterocycles. The molecule has 0 aliphatic carbocycles. The Morgan fingerprint density at radius 3 is 2.38 bits per heavy atom. The Morgan fingerprint density at radius 1 is 1.54 bits per heavy atom. The summed E-state index contributed by atoms with van der Waals surface area (Å²) in [6.07, 6.45) is 0.874. The molecule has 13 heavy (non-hydrogen) atoms. The van der Waals surface area contributed by atoms with Gasteiger partial charge in [-0.1, -0.05) is 13.3 Å². The zero-order valence-corrected chi connectivity index (χ0v) is 8.39. The molecule has 0 radical (unpaired) electrons. The van der Waals surface area contributed by atoms with Gasteiger partial charge >= 0.3 is 5.97 Å². The summed E-state index contributed by atoms with van der Waals surface area (Å²) in [6, 6.07) is -1.05. The first-order valence-corrected chi connectivity index (χ1v) is 5.35. The molecule has 0 spiro atoms. The predicted molar refractivity (Wildman–Crippen MR) is 47.4 cm³/mol. The van der Waals surface area contributed by atoms with Crippen LogP contribution in [-0.2, 0) is 15.0 Å². The lowest BCUT2D eigenvalue weighted by Crippen LogP contribution is -2.45. The topological polar surface area (TPSA) is 95.5 Å². The normalized spacial score (nSPS) is 14.0. The van der Waals surface area contributed by atoms with Gasteiger partial charge in [-0.3, -0.25) is 4.79 Å². The van der Waals surface area contributed by atoms with E-state index in [2.05, 4.69) is 0 Å². The Balaban J connectivity index is 4.35. The molecule has 0 fully saturated rings. The third kappa shape index (κ3) is 4.81. The van der Waals surface area contributed by atoms with Crippen LogP contribution in [-0.4, -0.2) is 32.6 Å². The lowest BCUT2D eigenvalue weighted by Gasteiger charge is -2.12. The van der Waals surface area contributed by atoms with Gasteiger partial charge in [0.25, 0.3) is 10.2 Å². The van der Waals surface area contributed by atoms with Gasteiger partial charge in [0.05, 0.1) is 0 Å². The Hall–Kier alpha value is -0.660. The average Bonchev–Trinajstić information content (AvgIpc) is 2.03. The van der Waals surface area contributed by atoms with Crippen LogP contribution in [0.25, 0.3) is 0 Å². The molecule has 0 heterocycles. The summed E-state index contributed by atoms with van der Waals surface area (Å²) in [6.45, 7) is 1.78. The molecule has 0 bridgehead atoms. The summed E-state index contributed by atoms with van der Waals surface area (Å²) < 4.78 is 25.8. The van der Waals surface area contributed by atoms with E-state index in [0.29, 0.717) is 6.42 Å². The minimum atomic E-state index is -3.67. The molecule has 0 aliphatic rings. The molecule has 0 aromatic heterocycles. The Morgan fingerprint density at radius 2 is 2.08 bits per heavy atom. The third-order valence-electron chi connectivity index (χ3n) is 1.44. The van der Waals surface area contributed by atoms with E-state index in [1.807, 2.05) is 9.44 Å². The van der Waals surface area contributed by atoms with Crippen LogP contribution in [0.15, 0.2) is 0 Å². The van der Waals surface area contributed by atoms with Gasteiger partial charge in [-0.2, -0.15) is 13.1 Å². The first kappa shape index (κ1) is 12.3. The second-order valence-electron chi connectivity index (χ2n) is 2.50. The summed E-state index contributed by atoms with van der Waals surface area (Å²) in [5.41, 5.74) is 0. The highest BCUT2D eigenvalue weighted by molar-refractivity contribution is 7.87. The van der Waals surface area contributed by atoms with Crippen molar-refractivity contribution in [1.29, 1.82) is 0 Å². The molecule has 0 aromatic rings. The summed E-state index contributed by atoms with van der Waals surface area (Å²) in [4.78, 5) is 10.5. The Kier molecular flexibility index (Phi) is 4.89. The second kappa shape index (κ2) is 5.15. The number of rotatable bonds is 6. The largest absolute Gasteiger partial charge is 0.480 e. The fraction of sp³-hybridized carbons (Fsp3) is 0.833. The minimum Gasteiger partial charge on any atom is -0.480 e. The van der Waals surface area contributed by atoms with Crippen LogP contribution >= 0.6 is 0 Å². The van der Waals surface area contributed by atoms with Crippen LogP contribution in [0.3, 0.4) is 0 Å². The van der Waals surface area contributed by atoms with Gasteiger partial charge < -0.3 is 5.11 Å². The first-order chi connectivity index (χ1) is 5.93. The van der Waals surface area contributed by atoms with Crippen molar-refractivity contribution in [3.8, 4) is 0 Å². The van der Waals surface area contributed by atoms with Gasteiger partial charge in [-0.15, -0.1) is 0 Å². The maximum Gasteiger partial charge on any atom is 0.321 e. The van der Waals surface area contributed by atoms with E-state index >= 15 is 0 Å². The molecule has 7 heteroatoms. The number of carboxylic acids is 1. The van der Waals surface area contributed by atoms with E-state index in [4.69, 9.17) is 5.11 Å². The molecule has 3 N–H and O–H groups in total. The van der Waals surface area contributed by atoms with Gasteiger partial charge in [0.15, 0.2) is 0 Å². The molecular formula is C6H14N2O4S. The smallest absolute Gasteiger partial charge is 0.321 e. The first-order valence-electron chi connectivity index (χ1n) is 3.86. The Bertz CT molecular complexity index is 262. The van der Waals surface area contributed by atoms with Crippen LogP contribution in [0.1, 0.15) is 19.8 Å².